The number of methoxy groups -OCH3 is 1. The maximum absolute atomic E-state index is 5.76. The van der Waals surface area contributed by atoms with Crippen LogP contribution >= 0.6 is 0 Å². The number of nitrogens with zero attached hydrogens (tertiary/aromatic N) is 5. The van der Waals surface area contributed by atoms with Crippen LogP contribution in [-0.4, -0.2) is 32.1 Å². The second-order valence-electron chi connectivity index (χ2n) is 3.87. The van der Waals surface area contributed by atoms with Crippen molar-refractivity contribution in [2.75, 3.05) is 12.8 Å². The molecule has 2 rings (SSSR count). The van der Waals surface area contributed by atoms with Gasteiger partial charge in [-0.15, -0.1) is 5.10 Å². The third-order valence-corrected chi connectivity index (χ3v) is 2.38. The lowest BCUT2D eigenvalue weighted by Crippen LogP contribution is -2.06. The molecule has 0 aliphatic carbocycles. The van der Waals surface area contributed by atoms with Gasteiger partial charge in [0.25, 0.3) is 0 Å². The summed E-state index contributed by atoms with van der Waals surface area (Å²) < 4.78 is 6.82. The number of ether oxygens (including phenoxy) is 1. The Bertz CT molecular complexity index is 524. The SMILES string of the molecule is CCCn1nncc1-c1cc(N)nc(COC)n1. The molecule has 96 valence electrons. The highest BCUT2D eigenvalue weighted by molar-refractivity contribution is 5.56. The Morgan fingerprint density at radius 3 is 2.94 bits per heavy atom. The Balaban J connectivity index is 2.39. The van der Waals surface area contributed by atoms with Crippen LogP contribution in [-0.2, 0) is 17.9 Å². The first kappa shape index (κ1) is 12.4. The first-order valence-electron chi connectivity index (χ1n) is 5.75. The van der Waals surface area contributed by atoms with E-state index in [1.807, 2.05) is 0 Å². The Morgan fingerprint density at radius 2 is 2.22 bits per heavy atom. The molecule has 2 aromatic heterocycles. The van der Waals surface area contributed by atoms with E-state index < -0.39 is 0 Å². The van der Waals surface area contributed by atoms with Gasteiger partial charge in [-0.2, -0.15) is 0 Å². The molecule has 7 heteroatoms. The van der Waals surface area contributed by atoms with Gasteiger partial charge in [-0.1, -0.05) is 12.1 Å². The van der Waals surface area contributed by atoms with Crippen LogP contribution in [0.15, 0.2) is 12.3 Å². The Labute approximate surface area is 105 Å². The molecule has 0 atom stereocenters. The summed E-state index contributed by atoms with van der Waals surface area (Å²) >= 11 is 0. The van der Waals surface area contributed by atoms with Crippen LogP contribution < -0.4 is 5.73 Å². The molecule has 18 heavy (non-hydrogen) atoms. The van der Waals surface area contributed by atoms with E-state index in [0.717, 1.165) is 18.7 Å². The molecule has 0 unspecified atom stereocenters. The fourth-order valence-corrected chi connectivity index (χ4v) is 1.68. The summed E-state index contributed by atoms with van der Waals surface area (Å²) in [5.74, 6) is 0.966. The number of hydrogen-bond acceptors (Lipinski definition) is 6. The molecule has 2 aromatic rings. The van der Waals surface area contributed by atoms with Gasteiger partial charge in [0.05, 0.1) is 11.9 Å². The summed E-state index contributed by atoms with van der Waals surface area (Å²) in [4.78, 5) is 8.49. The van der Waals surface area contributed by atoms with Crippen LogP contribution in [0.1, 0.15) is 19.2 Å². The van der Waals surface area contributed by atoms with E-state index in [-0.39, 0.29) is 0 Å². The topological polar surface area (TPSA) is 91.7 Å². The largest absolute Gasteiger partial charge is 0.384 e. The molecule has 2 N–H and O–H groups in total. The minimum Gasteiger partial charge on any atom is -0.384 e. The van der Waals surface area contributed by atoms with Crippen LogP contribution in [0.5, 0.6) is 0 Å². The normalized spacial score (nSPS) is 10.8. The molecule has 0 saturated carbocycles. The molecule has 0 spiro atoms. The zero-order valence-electron chi connectivity index (χ0n) is 10.5. The molecule has 0 aromatic carbocycles. The number of anilines is 1. The summed E-state index contributed by atoms with van der Waals surface area (Å²) in [6.45, 7) is 3.20. The van der Waals surface area contributed by atoms with E-state index in [4.69, 9.17) is 10.5 Å². The monoisotopic (exact) mass is 248 g/mol. The van der Waals surface area contributed by atoms with E-state index in [2.05, 4.69) is 27.2 Å². The van der Waals surface area contributed by atoms with Crippen molar-refractivity contribution in [1.29, 1.82) is 0 Å². The minimum absolute atomic E-state index is 0.327. The summed E-state index contributed by atoms with van der Waals surface area (Å²) in [6, 6.07) is 1.71. The van der Waals surface area contributed by atoms with Crippen LogP contribution in [0.3, 0.4) is 0 Å². The van der Waals surface area contributed by atoms with Crippen LogP contribution in [0.4, 0.5) is 5.82 Å². The maximum atomic E-state index is 5.76. The molecular weight excluding hydrogens is 232 g/mol. The van der Waals surface area contributed by atoms with Gasteiger partial charge < -0.3 is 10.5 Å². The Morgan fingerprint density at radius 1 is 1.39 bits per heavy atom. The number of rotatable bonds is 5. The van der Waals surface area contributed by atoms with E-state index in [1.165, 1.54) is 0 Å². The standard InChI is InChI=1S/C11H16N6O/c1-3-4-17-9(6-13-16-17)8-5-10(12)15-11(14-8)7-18-2/h5-6H,3-4,7H2,1-2H3,(H2,12,14,15). The highest BCUT2D eigenvalue weighted by Gasteiger charge is 2.10. The van der Waals surface area contributed by atoms with Gasteiger partial charge >= 0.3 is 0 Å². The minimum atomic E-state index is 0.327. The van der Waals surface area contributed by atoms with Crippen molar-refractivity contribution < 1.29 is 4.74 Å². The molecule has 0 bridgehead atoms. The van der Waals surface area contributed by atoms with Crippen molar-refractivity contribution in [3.8, 4) is 11.4 Å². The van der Waals surface area contributed by atoms with Gasteiger partial charge in [-0.3, -0.25) is 0 Å². The van der Waals surface area contributed by atoms with Crippen molar-refractivity contribution in [3.63, 3.8) is 0 Å². The average molecular weight is 248 g/mol. The van der Waals surface area contributed by atoms with Crippen molar-refractivity contribution in [2.45, 2.75) is 26.5 Å². The van der Waals surface area contributed by atoms with Crippen molar-refractivity contribution in [3.05, 3.63) is 18.1 Å². The first-order chi connectivity index (χ1) is 8.74. The van der Waals surface area contributed by atoms with Gasteiger partial charge in [0, 0.05) is 19.7 Å². The molecule has 2 heterocycles. The van der Waals surface area contributed by atoms with Crippen LogP contribution in [0, 0.1) is 0 Å². The van der Waals surface area contributed by atoms with Crippen molar-refractivity contribution in [2.24, 2.45) is 0 Å². The predicted molar refractivity (Wildman–Crippen MR) is 66.5 cm³/mol. The molecule has 0 amide bonds. The third-order valence-electron chi connectivity index (χ3n) is 2.38. The number of nitrogen functional groups attached to an aromatic ring is 1. The first-order valence-corrected chi connectivity index (χ1v) is 5.75. The fourth-order valence-electron chi connectivity index (χ4n) is 1.68. The molecule has 7 nitrogen and oxygen atoms in total. The van der Waals surface area contributed by atoms with Gasteiger partial charge in [0.2, 0.25) is 0 Å². The Kier molecular flexibility index (Phi) is 3.83. The van der Waals surface area contributed by atoms with Gasteiger partial charge in [0.1, 0.15) is 18.1 Å². The molecule has 0 aliphatic heterocycles. The van der Waals surface area contributed by atoms with E-state index in [1.54, 1.807) is 24.1 Å². The maximum Gasteiger partial charge on any atom is 0.157 e. The lowest BCUT2D eigenvalue weighted by Gasteiger charge is -2.06. The second-order valence-corrected chi connectivity index (χ2v) is 3.87. The highest BCUT2D eigenvalue weighted by atomic mass is 16.5. The van der Waals surface area contributed by atoms with Gasteiger partial charge in [-0.05, 0) is 6.42 Å². The van der Waals surface area contributed by atoms with Gasteiger partial charge in [-0.25, -0.2) is 14.6 Å². The third kappa shape index (κ3) is 2.62. The van der Waals surface area contributed by atoms with Gasteiger partial charge in [0.15, 0.2) is 5.82 Å². The summed E-state index contributed by atoms with van der Waals surface area (Å²) in [5.41, 5.74) is 7.32. The Hall–Kier alpha value is -2.02. The molecule has 0 saturated heterocycles. The zero-order chi connectivity index (χ0) is 13.0. The lowest BCUT2D eigenvalue weighted by atomic mass is 10.3. The average Bonchev–Trinajstić information content (AvgIpc) is 2.77. The summed E-state index contributed by atoms with van der Waals surface area (Å²) in [6.07, 6.45) is 2.65. The molecule has 0 fully saturated rings. The highest BCUT2D eigenvalue weighted by Crippen LogP contribution is 2.18. The molecular formula is C11H16N6O. The van der Waals surface area contributed by atoms with E-state index in [9.17, 15) is 0 Å². The van der Waals surface area contributed by atoms with Crippen LogP contribution in [0.25, 0.3) is 11.4 Å². The van der Waals surface area contributed by atoms with Crippen molar-refractivity contribution in [1.82, 2.24) is 25.0 Å². The quantitative estimate of drug-likeness (QED) is 0.844. The second kappa shape index (κ2) is 5.54. The number of aryl methyl sites for hydroxylation is 1. The number of nitrogens with two attached hydrogens (primary N) is 1. The zero-order valence-corrected chi connectivity index (χ0v) is 10.5. The number of aromatic nitrogens is 5. The van der Waals surface area contributed by atoms with E-state index >= 15 is 0 Å². The lowest BCUT2D eigenvalue weighted by molar-refractivity contribution is 0.178. The molecule has 0 radical (unpaired) electrons. The fraction of sp³-hybridized carbons (Fsp3) is 0.455. The predicted octanol–water partition coefficient (Wildman–Crippen LogP) is 0.874. The van der Waals surface area contributed by atoms with E-state index in [0.29, 0.717) is 23.9 Å². The van der Waals surface area contributed by atoms with Crippen molar-refractivity contribution >= 4 is 5.82 Å². The summed E-state index contributed by atoms with van der Waals surface area (Å²) in [7, 11) is 1.59. The molecule has 0 aliphatic rings. The number of hydrogen-bond donors (Lipinski definition) is 1. The smallest absolute Gasteiger partial charge is 0.157 e. The van der Waals surface area contributed by atoms with Crippen LogP contribution in [0.2, 0.25) is 0 Å². The summed E-state index contributed by atoms with van der Waals surface area (Å²) in [5, 5.41) is 7.92.